The van der Waals surface area contributed by atoms with Crippen molar-refractivity contribution in [3.05, 3.63) is 28.1 Å². The van der Waals surface area contributed by atoms with Gasteiger partial charge in [-0.3, -0.25) is 4.79 Å². The van der Waals surface area contributed by atoms with Gasteiger partial charge in [0.1, 0.15) is 11.3 Å². The van der Waals surface area contributed by atoms with Gasteiger partial charge in [0.05, 0.1) is 31.3 Å². The Bertz CT molecular complexity index is 935. The van der Waals surface area contributed by atoms with E-state index in [1.54, 1.807) is 0 Å². The van der Waals surface area contributed by atoms with E-state index in [1.807, 2.05) is 0 Å². The minimum atomic E-state index is -5.38. The Labute approximate surface area is 186 Å². The fourth-order valence-electron chi connectivity index (χ4n) is 3.35. The molecule has 1 aromatic rings. The van der Waals surface area contributed by atoms with E-state index in [1.165, 1.54) is 20.8 Å². The number of carbonyl (C=O) groups is 3. The zero-order chi connectivity index (χ0) is 25.3. The summed E-state index contributed by atoms with van der Waals surface area (Å²) in [6, 6.07) is 0. The van der Waals surface area contributed by atoms with Crippen LogP contribution in [0.5, 0.6) is 0 Å². The highest BCUT2D eigenvalue weighted by Crippen LogP contribution is 2.45. The standard InChI is InChI=1S/C21H24F5NO6/c1-20(2,3)33-17(28)10(8-9-6-7-9)11-12(18(29)31-4)14(16(22)23)27-15(21(24,25)26)13(11)19(30)32-5/h9-10,16H,6-8H2,1-5H3. The van der Waals surface area contributed by atoms with Crippen molar-refractivity contribution in [2.75, 3.05) is 14.2 Å². The highest BCUT2D eigenvalue weighted by Gasteiger charge is 2.47. The first kappa shape index (κ1) is 26.5. The van der Waals surface area contributed by atoms with Crippen molar-refractivity contribution in [2.45, 2.75) is 64.2 Å². The molecule has 0 spiro atoms. The lowest BCUT2D eigenvalue weighted by Crippen LogP contribution is -2.32. The molecular weight excluding hydrogens is 457 g/mol. The SMILES string of the molecule is COC(=O)c1c(C(F)F)nc(C(F)(F)F)c(C(=O)OC)c1C(CC1CC1)C(=O)OC(C)(C)C. The number of aromatic nitrogens is 1. The fourth-order valence-corrected chi connectivity index (χ4v) is 3.35. The van der Waals surface area contributed by atoms with Crippen molar-refractivity contribution in [3.8, 4) is 0 Å². The van der Waals surface area contributed by atoms with Crippen molar-refractivity contribution in [3.63, 3.8) is 0 Å². The number of alkyl halides is 5. The number of carbonyl (C=O) groups excluding carboxylic acids is 3. The molecule has 2 rings (SSSR count). The fraction of sp³-hybridized carbons (Fsp3) is 0.619. The van der Waals surface area contributed by atoms with Crippen LogP contribution in [0.3, 0.4) is 0 Å². The van der Waals surface area contributed by atoms with Gasteiger partial charge < -0.3 is 14.2 Å². The lowest BCUT2D eigenvalue weighted by atomic mass is 9.84. The van der Waals surface area contributed by atoms with Crippen molar-refractivity contribution in [1.82, 2.24) is 4.98 Å². The molecule has 1 atom stereocenters. The van der Waals surface area contributed by atoms with Crippen LogP contribution in [0.2, 0.25) is 0 Å². The molecule has 7 nitrogen and oxygen atoms in total. The van der Waals surface area contributed by atoms with E-state index in [4.69, 9.17) is 4.74 Å². The second-order valence-electron chi connectivity index (χ2n) is 8.56. The molecule has 1 fully saturated rings. The molecule has 0 aromatic carbocycles. The van der Waals surface area contributed by atoms with Crippen LogP contribution in [-0.2, 0) is 25.2 Å². The number of rotatable bonds is 7. The van der Waals surface area contributed by atoms with E-state index in [0.717, 1.165) is 14.2 Å². The van der Waals surface area contributed by atoms with Gasteiger partial charge in [0.25, 0.3) is 6.43 Å². The van der Waals surface area contributed by atoms with Gasteiger partial charge in [-0.15, -0.1) is 0 Å². The van der Waals surface area contributed by atoms with Gasteiger partial charge in [-0.05, 0) is 38.7 Å². The summed E-state index contributed by atoms with van der Waals surface area (Å²) >= 11 is 0. The minimum Gasteiger partial charge on any atom is -0.465 e. The summed E-state index contributed by atoms with van der Waals surface area (Å²) < 4.78 is 83.5. The third-order valence-corrected chi connectivity index (χ3v) is 4.82. The minimum absolute atomic E-state index is 0.132. The third-order valence-electron chi connectivity index (χ3n) is 4.82. The molecule has 0 bridgehead atoms. The lowest BCUT2D eigenvalue weighted by Gasteiger charge is -2.28. The molecule has 1 saturated carbocycles. The van der Waals surface area contributed by atoms with Gasteiger partial charge in [-0.2, -0.15) is 13.2 Å². The first-order valence-electron chi connectivity index (χ1n) is 9.94. The summed E-state index contributed by atoms with van der Waals surface area (Å²) in [5.41, 5.74) is -7.91. The van der Waals surface area contributed by atoms with Crippen LogP contribution in [0.25, 0.3) is 0 Å². The van der Waals surface area contributed by atoms with Crippen LogP contribution in [0, 0.1) is 5.92 Å². The summed E-state index contributed by atoms with van der Waals surface area (Å²) in [6.07, 6.45) is -7.91. The van der Waals surface area contributed by atoms with Crippen molar-refractivity contribution in [2.24, 2.45) is 5.92 Å². The van der Waals surface area contributed by atoms with Gasteiger partial charge in [0.2, 0.25) is 0 Å². The number of hydrogen-bond acceptors (Lipinski definition) is 7. The quantitative estimate of drug-likeness (QED) is 0.313. The topological polar surface area (TPSA) is 91.8 Å². The van der Waals surface area contributed by atoms with Crippen LogP contribution in [0.4, 0.5) is 22.0 Å². The Morgan fingerprint density at radius 2 is 1.52 bits per heavy atom. The Kier molecular flexibility index (Phi) is 7.70. The normalized spacial score (nSPS) is 15.2. The van der Waals surface area contributed by atoms with Gasteiger partial charge in [0.15, 0.2) is 5.69 Å². The molecule has 1 aromatic heterocycles. The number of nitrogens with zero attached hydrogens (tertiary/aromatic N) is 1. The van der Waals surface area contributed by atoms with Crippen LogP contribution >= 0.6 is 0 Å². The molecule has 1 aliphatic rings. The van der Waals surface area contributed by atoms with Crippen molar-refractivity contribution in [1.29, 1.82) is 0 Å². The molecular formula is C21H24F5NO6. The first-order valence-corrected chi connectivity index (χ1v) is 9.94. The summed E-state index contributed by atoms with van der Waals surface area (Å²) in [7, 11) is 1.59. The van der Waals surface area contributed by atoms with Crippen molar-refractivity contribution < 1.29 is 50.5 Å². The van der Waals surface area contributed by atoms with E-state index >= 15 is 0 Å². The second-order valence-corrected chi connectivity index (χ2v) is 8.56. The van der Waals surface area contributed by atoms with Gasteiger partial charge in [-0.1, -0.05) is 12.8 Å². The number of halogens is 5. The number of pyridine rings is 1. The predicted octanol–water partition coefficient (Wildman–Crippen LogP) is 4.84. The Hall–Kier alpha value is -2.79. The molecule has 1 unspecified atom stereocenters. The smallest absolute Gasteiger partial charge is 0.434 e. The molecule has 33 heavy (non-hydrogen) atoms. The second kappa shape index (κ2) is 9.60. The molecule has 0 radical (unpaired) electrons. The average molecular weight is 481 g/mol. The van der Waals surface area contributed by atoms with Crippen LogP contribution in [0.15, 0.2) is 0 Å². The van der Waals surface area contributed by atoms with Crippen molar-refractivity contribution >= 4 is 17.9 Å². The van der Waals surface area contributed by atoms with Crippen LogP contribution in [-0.4, -0.2) is 42.7 Å². The zero-order valence-corrected chi connectivity index (χ0v) is 18.6. The summed E-state index contributed by atoms with van der Waals surface area (Å²) in [5.74, 6) is -5.95. The zero-order valence-electron chi connectivity index (χ0n) is 18.6. The Morgan fingerprint density at radius 3 is 1.91 bits per heavy atom. The van der Waals surface area contributed by atoms with E-state index in [9.17, 15) is 36.3 Å². The largest absolute Gasteiger partial charge is 0.465 e. The summed E-state index contributed by atoms with van der Waals surface area (Å²) in [4.78, 5) is 41.0. The molecule has 1 heterocycles. The monoisotopic (exact) mass is 481 g/mol. The molecule has 184 valence electrons. The third kappa shape index (κ3) is 6.17. The molecule has 0 aliphatic heterocycles. The van der Waals surface area contributed by atoms with Gasteiger partial charge in [-0.25, -0.2) is 23.4 Å². The van der Waals surface area contributed by atoms with E-state index in [0.29, 0.717) is 12.8 Å². The maximum absolute atomic E-state index is 13.8. The predicted molar refractivity (Wildman–Crippen MR) is 103 cm³/mol. The van der Waals surface area contributed by atoms with Crippen LogP contribution in [0.1, 0.15) is 90.0 Å². The highest BCUT2D eigenvalue weighted by atomic mass is 19.4. The maximum Gasteiger partial charge on any atom is 0.434 e. The average Bonchev–Trinajstić information content (AvgIpc) is 3.51. The van der Waals surface area contributed by atoms with E-state index in [-0.39, 0.29) is 12.3 Å². The summed E-state index contributed by atoms with van der Waals surface area (Å²) in [6.45, 7) is 4.50. The molecule has 0 saturated heterocycles. The number of hydrogen-bond donors (Lipinski definition) is 0. The summed E-state index contributed by atoms with van der Waals surface area (Å²) in [5, 5.41) is 0. The number of ether oxygens (including phenoxy) is 3. The maximum atomic E-state index is 13.8. The number of methoxy groups -OCH3 is 2. The van der Waals surface area contributed by atoms with Gasteiger partial charge in [0, 0.05) is 0 Å². The Balaban J connectivity index is 3.02. The first-order chi connectivity index (χ1) is 15.1. The van der Waals surface area contributed by atoms with E-state index < -0.39 is 70.1 Å². The van der Waals surface area contributed by atoms with E-state index in [2.05, 4.69) is 14.5 Å². The highest BCUT2D eigenvalue weighted by molar-refractivity contribution is 6.02. The van der Waals surface area contributed by atoms with Crippen LogP contribution < -0.4 is 0 Å². The number of esters is 3. The Morgan fingerprint density at radius 1 is 1.00 bits per heavy atom. The molecule has 0 N–H and O–H groups in total. The lowest BCUT2D eigenvalue weighted by molar-refractivity contribution is -0.157. The molecule has 0 amide bonds. The van der Waals surface area contributed by atoms with Gasteiger partial charge >= 0.3 is 24.1 Å². The molecule has 1 aliphatic carbocycles. The molecule has 12 heteroatoms.